The molecule has 2 aromatic rings. The lowest BCUT2D eigenvalue weighted by molar-refractivity contribution is -0.116. The Bertz CT molecular complexity index is 919. The Labute approximate surface area is 190 Å². The lowest BCUT2D eigenvalue weighted by Gasteiger charge is -2.34. The molecule has 1 N–H and O–H groups in total. The van der Waals surface area contributed by atoms with Crippen LogP contribution < -0.4 is 14.8 Å². The number of ether oxygens (including phenoxy) is 3. The maximum atomic E-state index is 12.8. The zero-order valence-corrected chi connectivity index (χ0v) is 18.4. The van der Waals surface area contributed by atoms with Crippen LogP contribution in [0, 0.1) is 0 Å². The number of carbonyl (C=O) groups excluding carboxylic acids is 1. The standard InChI is InChI=1S/C23H25ClF2N2O4/c1-30-20-4-2-3-17(22(20)32-23(25)26)7-10-21(29)27-15-19(28-11-13-31-14-12-28)16-5-8-18(24)9-6-16/h2-10,19,23H,11-15H2,1H3,(H,27,29). The van der Waals surface area contributed by atoms with Crippen LogP contribution in [-0.4, -0.2) is 57.4 Å². The number of amides is 1. The molecule has 1 amide bonds. The van der Waals surface area contributed by atoms with Crippen LogP contribution in [0.15, 0.2) is 48.5 Å². The van der Waals surface area contributed by atoms with E-state index in [2.05, 4.69) is 15.0 Å². The number of nitrogens with zero attached hydrogens (tertiary/aromatic N) is 1. The summed E-state index contributed by atoms with van der Waals surface area (Å²) in [6, 6.07) is 12.2. The van der Waals surface area contributed by atoms with Crippen molar-refractivity contribution in [2.24, 2.45) is 0 Å². The van der Waals surface area contributed by atoms with E-state index in [0.717, 1.165) is 18.7 Å². The van der Waals surface area contributed by atoms with Crippen molar-refractivity contribution < 1.29 is 27.8 Å². The Morgan fingerprint density at radius 1 is 1.22 bits per heavy atom. The second-order valence-corrected chi connectivity index (χ2v) is 7.49. The fourth-order valence-corrected chi connectivity index (χ4v) is 3.62. The fourth-order valence-electron chi connectivity index (χ4n) is 3.49. The summed E-state index contributed by atoms with van der Waals surface area (Å²) in [7, 11) is 1.36. The highest BCUT2D eigenvalue weighted by Gasteiger charge is 2.23. The van der Waals surface area contributed by atoms with Gasteiger partial charge in [0, 0.05) is 36.3 Å². The summed E-state index contributed by atoms with van der Waals surface area (Å²) in [6.07, 6.45) is 2.70. The first kappa shape index (κ1) is 24.0. The Morgan fingerprint density at radius 3 is 2.59 bits per heavy atom. The lowest BCUT2D eigenvalue weighted by atomic mass is 10.0. The zero-order valence-electron chi connectivity index (χ0n) is 17.6. The second kappa shape index (κ2) is 11.8. The van der Waals surface area contributed by atoms with Gasteiger partial charge in [-0.1, -0.05) is 35.9 Å². The van der Waals surface area contributed by atoms with Gasteiger partial charge in [0.15, 0.2) is 11.5 Å². The number of morpholine rings is 1. The zero-order chi connectivity index (χ0) is 22.9. The molecule has 0 aliphatic carbocycles. The van der Waals surface area contributed by atoms with Crippen LogP contribution in [0.5, 0.6) is 11.5 Å². The van der Waals surface area contributed by atoms with Gasteiger partial charge in [-0.25, -0.2) is 0 Å². The summed E-state index contributed by atoms with van der Waals surface area (Å²) in [5.74, 6) is -0.326. The van der Waals surface area contributed by atoms with Crippen molar-refractivity contribution in [3.05, 3.63) is 64.7 Å². The van der Waals surface area contributed by atoms with Crippen molar-refractivity contribution >= 4 is 23.6 Å². The molecule has 1 atom stereocenters. The van der Waals surface area contributed by atoms with E-state index in [1.165, 1.54) is 25.3 Å². The highest BCUT2D eigenvalue weighted by Crippen LogP contribution is 2.33. The van der Waals surface area contributed by atoms with Crippen LogP contribution in [0.3, 0.4) is 0 Å². The summed E-state index contributed by atoms with van der Waals surface area (Å²) in [4.78, 5) is 14.7. The summed E-state index contributed by atoms with van der Waals surface area (Å²) in [5, 5.41) is 3.53. The quantitative estimate of drug-likeness (QED) is 0.562. The third kappa shape index (κ3) is 6.66. The monoisotopic (exact) mass is 466 g/mol. The highest BCUT2D eigenvalue weighted by molar-refractivity contribution is 6.30. The van der Waals surface area contributed by atoms with Gasteiger partial charge in [-0.15, -0.1) is 0 Å². The van der Waals surface area contributed by atoms with Crippen LogP contribution in [0.2, 0.25) is 5.02 Å². The van der Waals surface area contributed by atoms with E-state index in [4.69, 9.17) is 21.1 Å². The van der Waals surface area contributed by atoms with Gasteiger partial charge in [0.1, 0.15) is 0 Å². The van der Waals surface area contributed by atoms with Gasteiger partial charge in [-0.05, 0) is 29.8 Å². The van der Waals surface area contributed by atoms with E-state index >= 15 is 0 Å². The average molecular weight is 467 g/mol. The number of nitrogens with one attached hydrogen (secondary N) is 1. The third-order valence-corrected chi connectivity index (χ3v) is 5.31. The molecular formula is C23H25ClF2N2O4. The molecule has 1 aliphatic rings. The van der Waals surface area contributed by atoms with Gasteiger partial charge in [-0.3, -0.25) is 9.69 Å². The SMILES string of the molecule is COc1cccc(C=CC(=O)NCC(c2ccc(Cl)cc2)N2CCOCC2)c1OC(F)F. The number of rotatable bonds is 9. The van der Waals surface area contributed by atoms with Crippen LogP contribution in [0.4, 0.5) is 8.78 Å². The number of methoxy groups -OCH3 is 1. The molecule has 6 nitrogen and oxygen atoms in total. The molecule has 0 radical (unpaired) electrons. The predicted molar refractivity (Wildman–Crippen MR) is 118 cm³/mol. The molecule has 172 valence electrons. The molecule has 0 spiro atoms. The fraction of sp³-hybridized carbons (Fsp3) is 0.348. The maximum Gasteiger partial charge on any atom is 0.387 e. The van der Waals surface area contributed by atoms with Gasteiger partial charge in [0.25, 0.3) is 0 Å². The largest absolute Gasteiger partial charge is 0.493 e. The molecule has 1 saturated heterocycles. The van der Waals surface area contributed by atoms with E-state index in [0.29, 0.717) is 30.3 Å². The second-order valence-electron chi connectivity index (χ2n) is 7.05. The van der Waals surface area contributed by atoms with Crippen molar-refractivity contribution in [1.29, 1.82) is 0 Å². The van der Waals surface area contributed by atoms with E-state index in [1.54, 1.807) is 12.1 Å². The maximum absolute atomic E-state index is 12.8. The number of hydrogen-bond acceptors (Lipinski definition) is 5. The number of hydrogen-bond donors (Lipinski definition) is 1. The minimum atomic E-state index is -3.01. The molecule has 0 aromatic heterocycles. The minimum Gasteiger partial charge on any atom is -0.493 e. The van der Waals surface area contributed by atoms with Crippen LogP contribution in [0.25, 0.3) is 6.08 Å². The van der Waals surface area contributed by atoms with Crippen molar-refractivity contribution in [2.75, 3.05) is 40.0 Å². The highest BCUT2D eigenvalue weighted by atomic mass is 35.5. The molecule has 1 aliphatic heterocycles. The summed E-state index contributed by atoms with van der Waals surface area (Å²) >= 11 is 6.02. The summed E-state index contributed by atoms with van der Waals surface area (Å²) < 4.78 is 40.7. The smallest absolute Gasteiger partial charge is 0.387 e. The van der Waals surface area contributed by atoms with Crippen molar-refractivity contribution in [2.45, 2.75) is 12.7 Å². The summed E-state index contributed by atoms with van der Waals surface area (Å²) in [6.45, 7) is 0.0971. The Hall–Kier alpha value is -2.68. The first-order valence-corrected chi connectivity index (χ1v) is 10.5. The Morgan fingerprint density at radius 2 is 1.94 bits per heavy atom. The molecule has 0 bridgehead atoms. The molecular weight excluding hydrogens is 442 g/mol. The van der Waals surface area contributed by atoms with Crippen LogP contribution in [0.1, 0.15) is 17.2 Å². The number of benzene rings is 2. The van der Waals surface area contributed by atoms with Gasteiger partial charge in [0.05, 0.1) is 26.4 Å². The van der Waals surface area contributed by atoms with E-state index in [-0.39, 0.29) is 23.4 Å². The molecule has 2 aromatic carbocycles. The predicted octanol–water partition coefficient (Wildman–Crippen LogP) is 4.15. The van der Waals surface area contributed by atoms with Gasteiger partial charge in [0.2, 0.25) is 5.91 Å². The van der Waals surface area contributed by atoms with E-state index in [1.807, 2.05) is 24.3 Å². The van der Waals surface area contributed by atoms with Crippen LogP contribution >= 0.6 is 11.6 Å². The van der Waals surface area contributed by atoms with Crippen molar-refractivity contribution in [3.8, 4) is 11.5 Å². The Kier molecular flexibility index (Phi) is 8.84. The molecule has 32 heavy (non-hydrogen) atoms. The number of alkyl halides is 2. The average Bonchev–Trinajstić information content (AvgIpc) is 2.80. The number of carbonyl (C=O) groups is 1. The molecule has 0 saturated carbocycles. The molecule has 1 heterocycles. The van der Waals surface area contributed by atoms with Gasteiger partial charge >= 0.3 is 6.61 Å². The molecule has 3 rings (SSSR count). The van der Waals surface area contributed by atoms with Crippen LogP contribution in [-0.2, 0) is 9.53 Å². The third-order valence-electron chi connectivity index (χ3n) is 5.06. The first-order valence-electron chi connectivity index (χ1n) is 10.1. The molecule has 9 heteroatoms. The number of para-hydroxylation sites is 1. The van der Waals surface area contributed by atoms with Gasteiger partial charge in [-0.2, -0.15) is 8.78 Å². The summed E-state index contributed by atoms with van der Waals surface area (Å²) in [5.41, 5.74) is 1.34. The normalized spacial score (nSPS) is 15.7. The molecule has 1 unspecified atom stereocenters. The van der Waals surface area contributed by atoms with E-state index in [9.17, 15) is 13.6 Å². The Balaban J connectivity index is 1.70. The minimum absolute atomic E-state index is 0.0527. The van der Waals surface area contributed by atoms with Crippen molar-refractivity contribution in [3.63, 3.8) is 0 Å². The number of halogens is 3. The van der Waals surface area contributed by atoms with Crippen molar-refractivity contribution in [1.82, 2.24) is 10.2 Å². The van der Waals surface area contributed by atoms with Gasteiger partial charge < -0.3 is 19.5 Å². The molecule has 1 fully saturated rings. The topological polar surface area (TPSA) is 60.0 Å². The van der Waals surface area contributed by atoms with E-state index < -0.39 is 6.61 Å². The first-order chi connectivity index (χ1) is 15.5. The lowest BCUT2D eigenvalue weighted by Crippen LogP contribution is -2.43.